The summed E-state index contributed by atoms with van der Waals surface area (Å²) in [5.41, 5.74) is 3.43. The van der Waals surface area contributed by atoms with E-state index in [9.17, 15) is 0 Å². The van der Waals surface area contributed by atoms with E-state index in [0.29, 0.717) is 13.2 Å². The zero-order valence-corrected chi connectivity index (χ0v) is 12.7. The Morgan fingerprint density at radius 1 is 1.05 bits per heavy atom. The Morgan fingerprint density at radius 3 is 2.67 bits per heavy atom. The van der Waals surface area contributed by atoms with Gasteiger partial charge in [0, 0.05) is 29.7 Å². The number of hydrogen-bond donors (Lipinski definition) is 1. The van der Waals surface area contributed by atoms with Crippen molar-refractivity contribution in [1.29, 1.82) is 0 Å². The summed E-state index contributed by atoms with van der Waals surface area (Å²) in [7, 11) is 0. The van der Waals surface area contributed by atoms with E-state index >= 15 is 0 Å². The van der Waals surface area contributed by atoms with E-state index in [1.807, 2.05) is 36.4 Å². The first-order valence-electron chi connectivity index (χ1n) is 7.11. The number of nitrogens with one attached hydrogen (secondary N) is 1. The van der Waals surface area contributed by atoms with Gasteiger partial charge in [0.15, 0.2) is 11.5 Å². The van der Waals surface area contributed by atoms with Crippen LogP contribution in [0.5, 0.6) is 11.5 Å². The molecule has 0 unspecified atom stereocenters. The maximum absolute atomic E-state index is 5.98. The number of anilines is 1. The number of rotatable bonds is 3. The molecule has 1 aliphatic heterocycles. The van der Waals surface area contributed by atoms with Crippen molar-refractivity contribution in [3.8, 4) is 11.5 Å². The molecule has 0 saturated carbocycles. The summed E-state index contributed by atoms with van der Waals surface area (Å²) in [6.07, 6.45) is 0.918. The van der Waals surface area contributed by atoms with E-state index in [4.69, 9.17) is 21.1 Å². The quantitative estimate of drug-likeness (QED) is 0.910. The highest BCUT2D eigenvalue weighted by atomic mass is 35.5. The smallest absolute Gasteiger partial charge is 0.163 e. The molecule has 2 aromatic rings. The first kappa shape index (κ1) is 14.1. The summed E-state index contributed by atoms with van der Waals surface area (Å²) in [4.78, 5) is 0. The summed E-state index contributed by atoms with van der Waals surface area (Å²) in [6.45, 7) is 4.23. The minimum Gasteiger partial charge on any atom is -0.490 e. The second-order valence-electron chi connectivity index (χ2n) is 5.14. The van der Waals surface area contributed by atoms with Crippen molar-refractivity contribution in [3.63, 3.8) is 0 Å². The molecule has 3 rings (SSSR count). The van der Waals surface area contributed by atoms with E-state index in [1.54, 1.807) is 0 Å². The van der Waals surface area contributed by atoms with Crippen LogP contribution in [0.4, 0.5) is 5.69 Å². The van der Waals surface area contributed by atoms with Gasteiger partial charge in [-0.15, -0.1) is 0 Å². The molecule has 1 N–H and O–H groups in total. The molecule has 0 saturated heterocycles. The average molecular weight is 304 g/mol. The molecule has 4 heteroatoms. The highest BCUT2D eigenvalue weighted by Gasteiger charge is 2.10. The summed E-state index contributed by atoms with van der Waals surface area (Å²) < 4.78 is 11.3. The Kier molecular flexibility index (Phi) is 4.20. The molecule has 21 heavy (non-hydrogen) atoms. The second kappa shape index (κ2) is 6.27. The van der Waals surface area contributed by atoms with Crippen LogP contribution in [0.3, 0.4) is 0 Å². The molecule has 0 atom stereocenters. The van der Waals surface area contributed by atoms with Crippen LogP contribution < -0.4 is 14.8 Å². The van der Waals surface area contributed by atoms with Gasteiger partial charge in [0.25, 0.3) is 0 Å². The number of aryl methyl sites for hydroxylation is 1. The highest BCUT2D eigenvalue weighted by molar-refractivity contribution is 6.30. The van der Waals surface area contributed by atoms with Crippen molar-refractivity contribution >= 4 is 17.3 Å². The first-order valence-corrected chi connectivity index (χ1v) is 7.49. The van der Waals surface area contributed by atoms with Crippen molar-refractivity contribution in [3.05, 3.63) is 52.5 Å². The SMILES string of the molecule is Cc1cc(Cl)ccc1CNc1ccc2c(c1)OCCCO2. The van der Waals surface area contributed by atoms with Gasteiger partial charge in [0.05, 0.1) is 13.2 Å². The maximum Gasteiger partial charge on any atom is 0.163 e. The molecule has 0 fully saturated rings. The molecular formula is C17H18ClNO2. The van der Waals surface area contributed by atoms with Crippen molar-refractivity contribution in [2.24, 2.45) is 0 Å². The van der Waals surface area contributed by atoms with Crippen LogP contribution in [-0.4, -0.2) is 13.2 Å². The third kappa shape index (κ3) is 3.42. The molecule has 0 aromatic heterocycles. The summed E-state index contributed by atoms with van der Waals surface area (Å²) in [5, 5.41) is 4.18. The normalized spacial score (nSPS) is 13.6. The molecular weight excluding hydrogens is 286 g/mol. The molecule has 110 valence electrons. The molecule has 1 heterocycles. The summed E-state index contributed by atoms with van der Waals surface area (Å²) in [6, 6.07) is 11.9. The number of hydrogen-bond acceptors (Lipinski definition) is 3. The lowest BCUT2D eigenvalue weighted by molar-refractivity contribution is 0.297. The third-order valence-corrected chi connectivity index (χ3v) is 3.77. The van der Waals surface area contributed by atoms with E-state index in [1.165, 1.54) is 11.1 Å². The lowest BCUT2D eigenvalue weighted by atomic mass is 10.1. The second-order valence-corrected chi connectivity index (χ2v) is 5.57. The number of benzene rings is 2. The lowest BCUT2D eigenvalue weighted by Gasteiger charge is -2.12. The van der Waals surface area contributed by atoms with Gasteiger partial charge >= 0.3 is 0 Å². The molecule has 0 spiro atoms. The Hall–Kier alpha value is -1.87. The highest BCUT2D eigenvalue weighted by Crippen LogP contribution is 2.32. The van der Waals surface area contributed by atoms with Crippen molar-refractivity contribution < 1.29 is 9.47 Å². The van der Waals surface area contributed by atoms with Crippen LogP contribution in [0, 0.1) is 6.92 Å². The Balaban J connectivity index is 1.72. The predicted octanol–water partition coefficient (Wildman–Crippen LogP) is 4.42. The van der Waals surface area contributed by atoms with Crippen molar-refractivity contribution in [1.82, 2.24) is 0 Å². The zero-order chi connectivity index (χ0) is 14.7. The van der Waals surface area contributed by atoms with Gasteiger partial charge in [-0.3, -0.25) is 0 Å². The van der Waals surface area contributed by atoms with Gasteiger partial charge in [-0.25, -0.2) is 0 Å². The average Bonchev–Trinajstić information content (AvgIpc) is 2.71. The standard InChI is InChI=1S/C17H18ClNO2/c1-12-9-14(18)4-3-13(12)11-19-15-5-6-16-17(10-15)21-8-2-7-20-16/h3-6,9-10,19H,2,7-8,11H2,1H3. The van der Waals surface area contributed by atoms with Crippen molar-refractivity contribution in [2.45, 2.75) is 19.9 Å². The van der Waals surface area contributed by atoms with Gasteiger partial charge in [-0.05, 0) is 42.3 Å². The van der Waals surface area contributed by atoms with Gasteiger partial charge in [-0.2, -0.15) is 0 Å². The number of fused-ring (bicyclic) bond motifs is 1. The minimum atomic E-state index is 0.701. The van der Waals surface area contributed by atoms with Gasteiger partial charge in [0.2, 0.25) is 0 Å². The fourth-order valence-corrected chi connectivity index (χ4v) is 2.55. The Morgan fingerprint density at radius 2 is 1.86 bits per heavy atom. The van der Waals surface area contributed by atoms with Crippen LogP contribution in [0.15, 0.2) is 36.4 Å². The van der Waals surface area contributed by atoms with Gasteiger partial charge < -0.3 is 14.8 Å². The summed E-state index contributed by atoms with van der Waals surface area (Å²) in [5.74, 6) is 1.63. The maximum atomic E-state index is 5.98. The topological polar surface area (TPSA) is 30.5 Å². The van der Waals surface area contributed by atoms with Gasteiger partial charge in [-0.1, -0.05) is 17.7 Å². The van der Waals surface area contributed by atoms with Crippen LogP contribution in [0.1, 0.15) is 17.5 Å². The molecule has 1 aliphatic rings. The van der Waals surface area contributed by atoms with Crippen molar-refractivity contribution in [2.75, 3.05) is 18.5 Å². The van der Waals surface area contributed by atoms with Crippen LogP contribution in [-0.2, 0) is 6.54 Å². The monoisotopic (exact) mass is 303 g/mol. The van der Waals surface area contributed by atoms with E-state index < -0.39 is 0 Å². The molecule has 3 nitrogen and oxygen atoms in total. The summed E-state index contributed by atoms with van der Waals surface area (Å²) >= 11 is 5.98. The fourth-order valence-electron chi connectivity index (χ4n) is 2.33. The largest absolute Gasteiger partial charge is 0.490 e. The van der Waals surface area contributed by atoms with Crippen LogP contribution in [0.25, 0.3) is 0 Å². The third-order valence-electron chi connectivity index (χ3n) is 3.54. The molecule has 0 amide bonds. The molecule has 2 aromatic carbocycles. The van der Waals surface area contributed by atoms with Gasteiger partial charge in [0.1, 0.15) is 0 Å². The van der Waals surface area contributed by atoms with Crippen LogP contribution >= 0.6 is 11.6 Å². The first-order chi connectivity index (χ1) is 10.2. The van der Waals surface area contributed by atoms with E-state index in [0.717, 1.165) is 35.2 Å². The Labute approximate surface area is 129 Å². The number of ether oxygens (including phenoxy) is 2. The predicted molar refractivity (Wildman–Crippen MR) is 85.6 cm³/mol. The lowest BCUT2D eigenvalue weighted by Crippen LogP contribution is -2.02. The molecule has 0 radical (unpaired) electrons. The van der Waals surface area contributed by atoms with E-state index in [-0.39, 0.29) is 0 Å². The minimum absolute atomic E-state index is 0.701. The molecule has 0 bridgehead atoms. The fraction of sp³-hybridized carbons (Fsp3) is 0.294. The number of halogens is 1. The molecule has 0 aliphatic carbocycles. The van der Waals surface area contributed by atoms with E-state index in [2.05, 4.69) is 12.2 Å². The zero-order valence-electron chi connectivity index (χ0n) is 12.0. The van der Waals surface area contributed by atoms with Crippen LogP contribution in [0.2, 0.25) is 5.02 Å². The Bertz CT molecular complexity index is 643.